The van der Waals surface area contributed by atoms with Gasteiger partial charge in [0.2, 0.25) is 0 Å². The quantitative estimate of drug-likeness (QED) is 0.555. The molecule has 0 saturated heterocycles. The molecular weight excluding hydrogens is 417 g/mol. The molecule has 0 unspecified atom stereocenters. The zero-order valence-electron chi connectivity index (χ0n) is 17.6. The Bertz CT molecular complexity index is 1140. The van der Waals surface area contributed by atoms with Crippen LogP contribution in [0.1, 0.15) is 53.2 Å². The zero-order chi connectivity index (χ0) is 21.8. The van der Waals surface area contributed by atoms with Crippen molar-refractivity contribution in [3.8, 4) is 5.75 Å². The highest BCUT2D eigenvalue weighted by atomic mass is 32.1. The molecule has 0 atom stereocenters. The molecule has 1 N–H and O–H groups in total. The van der Waals surface area contributed by atoms with Gasteiger partial charge in [0.15, 0.2) is 0 Å². The fourth-order valence-corrected chi connectivity index (χ4v) is 4.96. The van der Waals surface area contributed by atoms with Crippen molar-refractivity contribution in [1.82, 2.24) is 14.9 Å². The van der Waals surface area contributed by atoms with Gasteiger partial charge in [-0.25, -0.2) is 9.37 Å². The van der Waals surface area contributed by atoms with Crippen LogP contribution >= 0.6 is 11.3 Å². The van der Waals surface area contributed by atoms with E-state index in [1.165, 1.54) is 23.5 Å². The topological polar surface area (TPSA) is 73.2 Å². The fourth-order valence-electron chi connectivity index (χ4n) is 3.86. The summed E-state index contributed by atoms with van der Waals surface area (Å²) in [7, 11) is 0. The van der Waals surface area contributed by atoms with Gasteiger partial charge < -0.3 is 10.1 Å². The number of nitrogens with one attached hydrogen (secondary N) is 1. The van der Waals surface area contributed by atoms with Crippen LogP contribution in [0.4, 0.5) is 4.39 Å². The van der Waals surface area contributed by atoms with E-state index in [1.54, 1.807) is 16.7 Å². The molecule has 1 amide bonds. The van der Waals surface area contributed by atoms with Gasteiger partial charge in [-0.15, -0.1) is 11.3 Å². The van der Waals surface area contributed by atoms with E-state index in [9.17, 15) is 14.0 Å². The van der Waals surface area contributed by atoms with Crippen LogP contribution in [0.25, 0.3) is 10.2 Å². The predicted molar refractivity (Wildman–Crippen MR) is 120 cm³/mol. The van der Waals surface area contributed by atoms with Crippen LogP contribution in [0.5, 0.6) is 5.75 Å². The van der Waals surface area contributed by atoms with E-state index in [0.717, 1.165) is 44.3 Å². The lowest BCUT2D eigenvalue weighted by molar-refractivity contribution is 0.0956. The van der Waals surface area contributed by atoms with E-state index in [-0.39, 0.29) is 17.3 Å². The number of halogens is 1. The smallest absolute Gasteiger partial charge is 0.262 e. The summed E-state index contributed by atoms with van der Waals surface area (Å²) in [6.07, 6.45) is 5.47. The molecule has 2 aromatic heterocycles. The molecule has 0 aliphatic carbocycles. The van der Waals surface area contributed by atoms with Crippen molar-refractivity contribution >= 4 is 27.5 Å². The van der Waals surface area contributed by atoms with E-state index in [4.69, 9.17) is 9.72 Å². The van der Waals surface area contributed by atoms with Gasteiger partial charge in [-0.2, -0.15) is 0 Å². The van der Waals surface area contributed by atoms with Crippen molar-refractivity contribution in [2.24, 2.45) is 0 Å². The number of carbonyl (C=O) groups is 1. The molecule has 164 valence electrons. The lowest BCUT2D eigenvalue weighted by Crippen LogP contribution is -2.25. The molecule has 1 aliphatic rings. The number of aromatic nitrogens is 2. The van der Waals surface area contributed by atoms with Gasteiger partial charge in [0, 0.05) is 19.5 Å². The summed E-state index contributed by atoms with van der Waals surface area (Å²) in [4.78, 5) is 31.7. The number of rotatable bonds is 7. The second kappa shape index (κ2) is 9.60. The zero-order valence-corrected chi connectivity index (χ0v) is 18.4. The maximum absolute atomic E-state index is 13.0. The molecule has 0 radical (unpaired) electrons. The van der Waals surface area contributed by atoms with Crippen molar-refractivity contribution < 1.29 is 13.9 Å². The molecule has 8 heteroatoms. The maximum atomic E-state index is 13.0. The first-order valence-electron chi connectivity index (χ1n) is 10.7. The van der Waals surface area contributed by atoms with Gasteiger partial charge in [-0.05, 0) is 62.4 Å². The van der Waals surface area contributed by atoms with Crippen LogP contribution in [0.15, 0.2) is 29.1 Å². The molecule has 3 heterocycles. The molecule has 0 saturated carbocycles. The van der Waals surface area contributed by atoms with Gasteiger partial charge in [0.05, 0.1) is 16.9 Å². The third-order valence-electron chi connectivity index (χ3n) is 5.56. The number of thiophene rings is 1. The maximum Gasteiger partial charge on any atom is 0.262 e. The first kappa shape index (κ1) is 21.5. The first-order valence-corrected chi connectivity index (χ1v) is 11.6. The number of carbonyl (C=O) groups excluding carboxylic acids is 1. The Labute approximate surface area is 184 Å². The third-order valence-corrected chi connectivity index (χ3v) is 6.74. The van der Waals surface area contributed by atoms with Crippen LogP contribution in [0.3, 0.4) is 0 Å². The Kier molecular flexibility index (Phi) is 6.65. The minimum atomic E-state index is -0.292. The molecule has 31 heavy (non-hydrogen) atoms. The highest BCUT2D eigenvalue weighted by molar-refractivity contribution is 7.20. The summed E-state index contributed by atoms with van der Waals surface area (Å²) < 4.78 is 20.2. The Hall–Kier alpha value is -2.74. The first-order chi connectivity index (χ1) is 15.0. The highest BCUT2D eigenvalue weighted by Gasteiger charge is 2.22. The van der Waals surface area contributed by atoms with Crippen molar-refractivity contribution in [2.45, 2.75) is 52.0 Å². The van der Waals surface area contributed by atoms with Crippen molar-refractivity contribution in [3.63, 3.8) is 0 Å². The van der Waals surface area contributed by atoms with E-state index in [2.05, 4.69) is 5.32 Å². The second-order valence-corrected chi connectivity index (χ2v) is 8.80. The van der Waals surface area contributed by atoms with Crippen LogP contribution in [-0.2, 0) is 13.0 Å². The van der Waals surface area contributed by atoms with Crippen molar-refractivity contribution in [2.75, 3.05) is 13.2 Å². The SMILES string of the molecule is Cc1c(C(=O)NCCCCOc2ccc(F)cc2)sc2nc3n(c(=O)c12)CCCCC3. The van der Waals surface area contributed by atoms with Crippen molar-refractivity contribution in [3.05, 3.63) is 56.7 Å². The Morgan fingerprint density at radius 1 is 1.23 bits per heavy atom. The molecule has 3 aromatic rings. The summed E-state index contributed by atoms with van der Waals surface area (Å²) >= 11 is 1.30. The van der Waals surface area contributed by atoms with Crippen molar-refractivity contribution in [1.29, 1.82) is 0 Å². The largest absolute Gasteiger partial charge is 0.494 e. The summed E-state index contributed by atoms with van der Waals surface area (Å²) in [5.41, 5.74) is 0.696. The minimum Gasteiger partial charge on any atom is -0.494 e. The molecule has 1 aromatic carbocycles. The predicted octanol–water partition coefficient (Wildman–Crippen LogP) is 4.22. The van der Waals surface area contributed by atoms with Crippen LogP contribution in [0, 0.1) is 12.7 Å². The monoisotopic (exact) mass is 443 g/mol. The van der Waals surface area contributed by atoms with Crippen LogP contribution in [-0.4, -0.2) is 28.6 Å². The number of unbranched alkanes of at least 4 members (excludes halogenated alkanes) is 1. The van der Waals surface area contributed by atoms with E-state index >= 15 is 0 Å². The molecule has 6 nitrogen and oxygen atoms in total. The average Bonchev–Trinajstić information content (AvgIpc) is 2.93. The van der Waals surface area contributed by atoms with Crippen LogP contribution in [0.2, 0.25) is 0 Å². The molecule has 1 aliphatic heterocycles. The average molecular weight is 444 g/mol. The third kappa shape index (κ3) is 4.79. The Morgan fingerprint density at radius 3 is 2.84 bits per heavy atom. The summed E-state index contributed by atoms with van der Waals surface area (Å²) in [5, 5.41) is 3.51. The summed E-state index contributed by atoms with van der Waals surface area (Å²) in [6.45, 7) is 3.54. The summed E-state index contributed by atoms with van der Waals surface area (Å²) in [6, 6.07) is 5.91. The van der Waals surface area contributed by atoms with E-state index < -0.39 is 0 Å². The fraction of sp³-hybridized carbons (Fsp3) is 0.435. The van der Waals surface area contributed by atoms with Crippen LogP contribution < -0.4 is 15.6 Å². The molecule has 4 rings (SSSR count). The Morgan fingerprint density at radius 2 is 2.03 bits per heavy atom. The standard InChI is InChI=1S/C23H26FN3O3S/c1-15-19-22(26-18-7-3-2-5-13-27(18)23(19)29)31-20(15)21(28)25-12-4-6-14-30-17-10-8-16(24)9-11-17/h8-11H,2-7,12-14H2,1H3,(H,25,28). The molecule has 0 spiro atoms. The number of amides is 1. The lowest BCUT2D eigenvalue weighted by Gasteiger charge is -2.08. The number of hydrogen-bond donors (Lipinski definition) is 1. The van der Waals surface area contributed by atoms with Gasteiger partial charge in [-0.3, -0.25) is 14.2 Å². The normalized spacial score (nSPS) is 13.6. The lowest BCUT2D eigenvalue weighted by atomic mass is 10.2. The van der Waals surface area contributed by atoms with E-state index in [1.807, 2.05) is 6.92 Å². The Balaban J connectivity index is 1.34. The highest BCUT2D eigenvalue weighted by Crippen LogP contribution is 2.28. The number of benzene rings is 1. The van der Waals surface area contributed by atoms with Gasteiger partial charge in [0.1, 0.15) is 22.2 Å². The minimum absolute atomic E-state index is 0.0207. The molecule has 0 fully saturated rings. The number of hydrogen-bond acceptors (Lipinski definition) is 5. The number of fused-ring (bicyclic) bond motifs is 2. The number of aryl methyl sites for hydroxylation is 2. The van der Waals surface area contributed by atoms with Gasteiger partial charge >= 0.3 is 0 Å². The molecular formula is C23H26FN3O3S. The number of ether oxygens (including phenoxy) is 1. The second-order valence-electron chi connectivity index (χ2n) is 7.80. The molecule has 0 bridgehead atoms. The van der Waals surface area contributed by atoms with Gasteiger partial charge in [0.25, 0.3) is 11.5 Å². The summed E-state index contributed by atoms with van der Waals surface area (Å²) in [5.74, 6) is 1.01. The van der Waals surface area contributed by atoms with E-state index in [0.29, 0.717) is 46.1 Å². The van der Waals surface area contributed by atoms with Gasteiger partial charge in [-0.1, -0.05) is 6.42 Å². The number of nitrogens with zero attached hydrogens (tertiary/aromatic N) is 2.